The monoisotopic (exact) mass is 189 g/mol. The Bertz CT molecular complexity index is 330. The number of hydrogen-bond acceptors (Lipinski definition) is 1. The van der Waals surface area contributed by atoms with E-state index >= 15 is 0 Å². The number of fused-ring (bicyclic) bond motifs is 1. The second kappa shape index (κ2) is 3.74. The van der Waals surface area contributed by atoms with E-state index in [2.05, 4.69) is 44.0 Å². The van der Waals surface area contributed by atoms with Crippen LogP contribution in [0.25, 0.3) is 0 Å². The molecular formula is C13H19N. The Morgan fingerprint density at radius 2 is 2.21 bits per heavy atom. The molecule has 76 valence electrons. The van der Waals surface area contributed by atoms with E-state index in [-0.39, 0.29) is 0 Å². The van der Waals surface area contributed by atoms with Crippen LogP contribution in [-0.4, -0.2) is 18.5 Å². The van der Waals surface area contributed by atoms with Gasteiger partial charge in [0.05, 0.1) is 0 Å². The highest BCUT2D eigenvalue weighted by atomic mass is 15.1. The van der Waals surface area contributed by atoms with Crippen molar-refractivity contribution in [3.63, 3.8) is 0 Å². The minimum absolute atomic E-state index is 0.638. The molecule has 0 fully saturated rings. The molecule has 2 rings (SSSR count). The third-order valence-electron chi connectivity index (χ3n) is 3.31. The molecule has 14 heavy (non-hydrogen) atoms. The Morgan fingerprint density at radius 3 is 2.93 bits per heavy atom. The van der Waals surface area contributed by atoms with Crippen LogP contribution in [0.4, 0.5) is 0 Å². The summed E-state index contributed by atoms with van der Waals surface area (Å²) in [5.74, 6) is 0. The van der Waals surface area contributed by atoms with Crippen LogP contribution in [0.3, 0.4) is 0 Å². The average Bonchev–Trinajstić information content (AvgIpc) is 2.18. The van der Waals surface area contributed by atoms with E-state index in [9.17, 15) is 0 Å². The average molecular weight is 189 g/mol. The summed E-state index contributed by atoms with van der Waals surface area (Å²) in [6.45, 7) is 5.66. The summed E-state index contributed by atoms with van der Waals surface area (Å²) in [5.41, 5.74) is 4.50. The maximum absolute atomic E-state index is 2.47. The van der Waals surface area contributed by atoms with Crippen molar-refractivity contribution >= 4 is 0 Å². The number of hydrogen-bond donors (Lipinski definition) is 0. The van der Waals surface area contributed by atoms with Gasteiger partial charge in [-0.3, -0.25) is 4.90 Å². The second-order valence-corrected chi connectivity index (χ2v) is 4.36. The van der Waals surface area contributed by atoms with Gasteiger partial charge >= 0.3 is 0 Å². The van der Waals surface area contributed by atoms with Crippen molar-refractivity contribution in [3.8, 4) is 0 Å². The van der Waals surface area contributed by atoms with Gasteiger partial charge in [-0.25, -0.2) is 0 Å². The molecular weight excluding hydrogens is 170 g/mol. The van der Waals surface area contributed by atoms with Gasteiger partial charge in [-0.2, -0.15) is 0 Å². The molecule has 1 aromatic carbocycles. The largest absolute Gasteiger partial charge is 0.299 e. The highest BCUT2D eigenvalue weighted by Gasteiger charge is 2.22. The van der Waals surface area contributed by atoms with Gasteiger partial charge < -0.3 is 0 Å². The molecule has 1 unspecified atom stereocenters. The fourth-order valence-electron chi connectivity index (χ4n) is 2.50. The zero-order valence-corrected chi connectivity index (χ0v) is 9.38. The molecule has 1 heteroatoms. The molecule has 1 nitrogen and oxygen atoms in total. The van der Waals surface area contributed by atoms with E-state index in [0.717, 1.165) is 0 Å². The first-order valence-corrected chi connectivity index (χ1v) is 5.52. The molecule has 0 amide bonds. The number of likely N-dealkylation sites (N-methyl/N-ethyl adjacent to an activating group) is 1. The van der Waals surface area contributed by atoms with Gasteiger partial charge in [0.15, 0.2) is 0 Å². The van der Waals surface area contributed by atoms with Gasteiger partial charge in [-0.15, -0.1) is 0 Å². The molecule has 0 aromatic heterocycles. The van der Waals surface area contributed by atoms with Gasteiger partial charge in [-0.05, 0) is 37.9 Å². The lowest BCUT2D eigenvalue weighted by Gasteiger charge is -2.34. The molecule has 0 saturated carbocycles. The van der Waals surface area contributed by atoms with Crippen LogP contribution in [0.5, 0.6) is 0 Å². The van der Waals surface area contributed by atoms with Gasteiger partial charge in [-0.1, -0.05) is 30.7 Å². The Kier molecular flexibility index (Phi) is 2.60. The lowest BCUT2D eigenvalue weighted by Crippen LogP contribution is -2.31. The molecule has 1 aliphatic rings. The summed E-state index contributed by atoms with van der Waals surface area (Å²) in [6.07, 6.45) is 2.43. The smallest absolute Gasteiger partial charge is 0.0345 e. The number of nitrogens with zero attached hydrogens (tertiary/aromatic N) is 1. The third-order valence-corrected chi connectivity index (χ3v) is 3.31. The van der Waals surface area contributed by atoms with Crippen molar-refractivity contribution in [2.75, 3.05) is 13.6 Å². The molecule has 0 saturated heterocycles. The molecule has 0 bridgehead atoms. The van der Waals surface area contributed by atoms with E-state index in [4.69, 9.17) is 0 Å². The van der Waals surface area contributed by atoms with Crippen molar-refractivity contribution < 1.29 is 0 Å². The van der Waals surface area contributed by atoms with Crippen molar-refractivity contribution in [2.24, 2.45) is 0 Å². The molecule has 0 radical (unpaired) electrons. The Labute approximate surface area is 86.7 Å². The first-order valence-electron chi connectivity index (χ1n) is 5.52. The normalized spacial score (nSPS) is 22.1. The van der Waals surface area contributed by atoms with Crippen LogP contribution in [0.15, 0.2) is 18.2 Å². The highest BCUT2D eigenvalue weighted by Crippen LogP contribution is 2.31. The zero-order chi connectivity index (χ0) is 10.1. The SMILES string of the molecule is CCC1c2ccc(C)cc2CCN1C. The quantitative estimate of drug-likeness (QED) is 0.656. The van der Waals surface area contributed by atoms with Gasteiger partial charge in [0.2, 0.25) is 0 Å². The Balaban J connectivity index is 2.41. The van der Waals surface area contributed by atoms with E-state index in [1.807, 2.05) is 0 Å². The minimum atomic E-state index is 0.638. The molecule has 0 aliphatic carbocycles. The summed E-state index contributed by atoms with van der Waals surface area (Å²) in [7, 11) is 2.23. The van der Waals surface area contributed by atoms with Gasteiger partial charge in [0.1, 0.15) is 0 Å². The second-order valence-electron chi connectivity index (χ2n) is 4.36. The molecule has 1 atom stereocenters. The number of benzene rings is 1. The fraction of sp³-hybridized carbons (Fsp3) is 0.538. The molecule has 1 aromatic rings. The van der Waals surface area contributed by atoms with Crippen LogP contribution in [0.2, 0.25) is 0 Å². The lowest BCUT2D eigenvalue weighted by molar-refractivity contribution is 0.225. The minimum Gasteiger partial charge on any atom is -0.299 e. The zero-order valence-electron chi connectivity index (χ0n) is 9.38. The number of aryl methyl sites for hydroxylation is 1. The van der Waals surface area contributed by atoms with Crippen LogP contribution >= 0.6 is 0 Å². The van der Waals surface area contributed by atoms with E-state index in [1.54, 1.807) is 11.1 Å². The van der Waals surface area contributed by atoms with Crippen LogP contribution in [0, 0.1) is 6.92 Å². The third kappa shape index (κ3) is 1.57. The highest BCUT2D eigenvalue weighted by molar-refractivity contribution is 5.35. The fourth-order valence-corrected chi connectivity index (χ4v) is 2.50. The van der Waals surface area contributed by atoms with E-state index < -0.39 is 0 Å². The van der Waals surface area contributed by atoms with Crippen molar-refractivity contribution in [1.82, 2.24) is 4.90 Å². The van der Waals surface area contributed by atoms with Crippen LogP contribution in [-0.2, 0) is 6.42 Å². The van der Waals surface area contributed by atoms with Crippen molar-refractivity contribution in [3.05, 3.63) is 34.9 Å². The summed E-state index contributed by atoms with van der Waals surface area (Å²) < 4.78 is 0. The maximum atomic E-state index is 2.47. The molecule has 0 N–H and O–H groups in total. The Hall–Kier alpha value is -0.820. The van der Waals surface area contributed by atoms with E-state index in [0.29, 0.717) is 6.04 Å². The van der Waals surface area contributed by atoms with Crippen molar-refractivity contribution in [2.45, 2.75) is 32.7 Å². The summed E-state index contributed by atoms with van der Waals surface area (Å²) >= 11 is 0. The first-order chi connectivity index (χ1) is 6.72. The van der Waals surface area contributed by atoms with Gasteiger partial charge in [0.25, 0.3) is 0 Å². The topological polar surface area (TPSA) is 3.24 Å². The van der Waals surface area contributed by atoms with E-state index in [1.165, 1.54) is 24.9 Å². The molecule has 0 spiro atoms. The number of rotatable bonds is 1. The predicted molar refractivity (Wildman–Crippen MR) is 60.5 cm³/mol. The summed E-state index contributed by atoms with van der Waals surface area (Å²) in [5, 5.41) is 0. The summed E-state index contributed by atoms with van der Waals surface area (Å²) in [4.78, 5) is 2.47. The lowest BCUT2D eigenvalue weighted by atomic mass is 9.90. The van der Waals surface area contributed by atoms with Crippen LogP contribution < -0.4 is 0 Å². The molecule has 1 heterocycles. The van der Waals surface area contributed by atoms with Crippen LogP contribution in [0.1, 0.15) is 36.1 Å². The molecule has 1 aliphatic heterocycles. The van der Waals surface area contributed by atoms with Gasteiger partial charge in [0, 0.05) is 12.6 Å². The first kappa shape index (κ1) is 9.72. The van der Waals surface area contributed by atoms with Crippen molar-refractivity contribution in [1.29, 1.82) is 0 Å². The predicted octanol–water partition coefficient (Wildman–Crippen LogP) is 2.93. The maximum Gasteiger partial charge on any atom is 0.0345 e. The summed E-state index contributed by atoms with van der Waals surface area (Å²) in [6, 6.07) is 7.54. The standard InChI is InChI=1S/C13H19N/c1-4-13-12-6-5-10(2)9-11(12)7-8-14(13)3/h5-6,9,13H,4,7-8H2,1-3H3. The Morgan fingerprint density at radius 1 is 1.43 bits per heavy atom.